The van der Waals surface area contributed by atoms with E-state index in [1.807, 2.05) is 30.1 Å². The maximum absolute atomic E-state index is 12.7. The van der Waals surface area contributed by atoms with Gasteiger partial charge in [0.1, 0.15) is 6.61 Å². The van der Waals surface area contributed by atoms with Gasteiger partial charge in [-0.3, -0.25) is 4.79 Å². The number of cyclic esters (lactones) is 1. The van der Waals surface area contributed by atoms with E-state index in [0.29, 0.717) is 58.4 Å². The van der Waals surface area contributed by atoms with Gasteiger partial charge in [-0.25, -0.2) is 14.8 Å². The van der Waals surface area contributed by atoms with E-state index in [1.165, 1.54) is 0 Å². The van der Waals surface area contributed by atoms with Crippen molar-refractivity contribution in [2.75, 3.05) is 58.4 Å². The summed E-state index contributed by atoms with van der Waals surface area (Å²) in [4.78, 5) is 38.7. The average Bonchev–Trinajstić information content (AvgIpc) is 3.27. The first-order chi connectivity index (χ1) is 13.0. The van der Waals surface area contributed by atoms with Crippen molar-refractivity contribution < 1.29 is 19.1 Å². The van der Waals surface area contributed by atoms with Crippen molar-refractivity contribution >= 4 is 17.9 Å². The fourth-order valence-corrected chi connectivity index (χ4v) is 4.02. The van der Waals surface area contributed by atoms with E-state index in [0.717, 1.165) is 17.7 Å². The Kier molecular flexibility index (Phi) is 4.63. The lowest BCUT2D eigenvalue weighted by molar-refractivity contribution is -0.130. The normalized spacial score (nSPS) is 24.3. The molecule has 2 amide bonds. The Morgan fingerprint density at radius 3 is 2.96 bits per heavy atom. The molecule has 3 aliphatic rings. The van der Waals surface area contributed by atoms with Crippen LogP contribution in [0.3, 0.4) is 0 Å². The maximum Gasteiger partial charge on any atom is 0.409 e. The van der Waals surface area contributed by atoms with Crippen molar-refractivity contribution in [1.82, 2.24) is 19.8 Å². The second kappa shape index (κ2) is 6.95. The molecule has 27 heavy (non-hydrogen) atoms. The lowest BCUT2D eigenvalue weighted by Crippen LogP contribution is -2.42. The highest BCUT2D eigenvalue weighted by Crippen LogP contribution is 2.39. The van der Waals surface area contributed by atoms with Crippen LogP contribution < -0.4 is 4.90 Å². The molecule has 4 heterocycles. The van der Waals surface area contributed by atoms with Gasteiger partial charge in [0.15, 0.2) is 0 Å². The Hall–Kier alpha value is -2.42. The molecule has 1 aromatic rings. The summed E-state index contributed by atoms with van der Waals surface area (Å²) in [6.45, 7) is 3.70. The fourth-order valence-electron chi connectivity index (χ4n) is 4.02. The van der Waals surface area contributed by atoms with Crippen molar-refractivity contribution in [2.45, 2.75) is 24.9 Å². The van der Waals surface area contributed by atoms with Gasteiger partial charge in [-0.2, -0.15) is 0 Å². The van der Waals surface area contributed by atoms with Crippen LogP contribution in [0.1, 0.15) is 24.1 Å². The van der Waals surface area contributed by atoms with Crippen LogP contribution in [0.5, 0.6) is 0 Å². The van der Waals surface area contributed by atoms with E-state index in [1.54, 1.807) is 4.90 Å². The molecule has 0 aromatic carbocycles. The number of carbonyl (C=O) groups is 2. The Bertz CT molecular complexity index is 755. The molecular weight excluding hydrogens is 350 g/mol. The van der Waals surface area contributed by atoms with Crippen molar-refractivity contribution in [1.29, 1.82) is 0 Å². The van der Waals surface area contributed by atoms with Crippen LogP contribution >= 0.6 is 0 Å². The summed E-state index contributed by atoms with van der Waals surface area (Å²) in [6.07, 6.45) is 2.64. The van der Waals surface area contributed by atoms with Gasteiger partial charge in [0, 0.05) is 51.9 Å². The number of nitrogens with zero attached hydrogens (tertiary/aromatic N) is 5. The van der Waals surface area contributed by atoms with Crippen LogP contribution in [-0.2, 0) is 26.3 Å². The van der Waals surface area contributed by atoms with Crippen LogP contribution in [0.25, 0.3) is 0 Å². The molecule has 4 rings (SSSR count). The summed E-state index contributed by atoms with van der Waals surface area (Å²) in [6, 6.07) is 0. The Labute approximate surface area is 158 Å². The number of hydrogen-bond acceptors (Lipinski definition) is 7. The van der Waals surface area contributed by atoms with Crippen molar-refractivity contribution in [3.8, 4) is 0 Å². The quantitative estimate of drug-likeness (QED) is 0.752. The van der Waals surface area contributed by atoms with Gasteiger partial charge in [-0.15, -0.1) is 0 Å². The summed E-state index contributed by atoms with van der Waals surface area (Å²) in [5.41, 5.74) is 1.73. The first-order valence-corrected chi connectivity index (χ1v) is 9.29. The highest BCUT2D eigenvalue weighted by Gasteiger charge is 2.46. The molecule has 1 unspecified atom stereocenters. The number of rotatable bonds is 4. The van der Waals surface area contributed by atoms with Crippen LogP contribution in [0.2, 0.25) is 0 Å². The van der Waals surface area contributed by atoms with E-state index < -0.39 is 0 Å². The molecule has 9 heteroatoms. The van der Waals surface area contributed by atoms with Gasteiger partial charge in [0.25, 0.3) is 0 Å². The standard InChI is InChI=1S/C18H25N5O4/c1-21(2)16-19-9-13-10-26-12-18(15(13)20-16)4-6-23(11-18)14(24)3-5-22-7-8-27-17(22)25/h9H,3-8,10-12H2,1-2H3. The molecule has 1 aromatic heterocycles. The van der Waals surface area contributed by atoms with E-state index in [2.05, 4.69) is 4.98 Å². The van der Waals surface area contributed by atoms with Crippen molar-refractivity contribution in [2.24, 2.45) is 0 Å². The van der Waals surface area contributed by atoms with Gasteiger partial charge in [-0.1, -0.05) is 0 Å². The third kappa shape index (κ3) is 3.31. The Morgan fingerprint density at radius 2 is 2.22 bits per heavy atom. The van der Waals surface area contributed by atoms with E-state index >= 15 is 0 Å². The van der Waals surface area contributed by atoms with Gasteiger partial charge < -0.3 is 24.2 Å². The number of carbonyl (C=O) groups excluding carboxylic acids is 2. The Balaban J connectivity index is 1.46. The minimum atomic E-state index is -0.330. The molecular formula is C18H25N5O4. The molecule has 146 valence electrons. The monoisotopic (exact) mass is 375 g/mol. The molecule has 0 radical (unpaired) electrons. The number of fused-ring (bicyclic) bond motifs is 2. The van der Waals surface area contributed by atoms with Gasteiger partial charge in [0.05, 0.1) is 30.9 Å². The van der Waals surface area contributed by atoms with Crippen molar-refractivity contribution in [3.05, 3.63) is 17.5 Å². The summed E-state index contributed by atoms with van der Waals surface area (Å²) in [5, 5.41) is 0. The van der Waals surface area contributed by atoms with Crippen LogP contribution in [-0.4, -0.2) is 85.3 Å². The largest absolute Gasteiger partial charge is 0.448 e. The fraction of sp³-hybridized carbons (Fsp3) is 0.667. The second-order valence-electron chi connectivity index (χ2n) is 7.63. The number of aromatic nitrogens is 2. The van der Waals surface area contributed by atoms with Crippen molar-refractivity contribution in [3.63, 3.8) is 0 Å². The van der Waals surface area contributed by atoms with E-state index in [4.69, 9.17) is 14.5 Å². The minimum absolute atomic E-state index is 0.0561. The molecule has 3 aliphatic heterocycles. The van der Waals surface area contributed by atoms with Crippen LogP contribution in [0.4, 0.5) is 10.7 Å². The second-order valence-corrected chi connectivity index (χ2v) is 7.63. The molecule has 0 N–H and O–H groups in total. The summed E-state index contributed by atoms with van der Waals surface area (Å²) in [7, 11) is 3.84. The molecule has 9 nitrogen and oxygen atoms in total. The number of likely N-dealkylation sites (tertiary alicyclic amines) is 1. The zero-order valence-corrected chi connectivity index (χ0v) is 15.8. The molecule has 0 bridgehead atoms. The molecule has 0 saturated carbocycles. The number of anilines is 1. The molecule has 2 fully saturated rings. The lowest BCUT2D eigenvalue weighted by Gasteiger charge is -2.34. The summed E-state index contributed by atoms with van der Waals surface area (Å²) >= 11 is 0. The first-order valence-electron chi connectivity index (χ1n) is 9.29. The molecule has 0 aliphatic carbocycles. The zero-order chi connectivity index (χ0) is 19.0. The lowest BCUT2D eigenvalue weighted by atomic mass is 9.80. The predicted octanol–water partition coefficient (Wildman–Crippen LogP) is 0.385. The Morgan fingerprint density at radius 1 is 1.37 bits per heavy atom. The molecule has 1 spiro atoms. The average molecular weight is 375 g/mol. The third-order valence-electron chi connectivity index (χ3n) is 5.54. The summed E-state index contributed by atoms with van der Waals surface area (Å²) < 4.78 is 10.7. The first kappa shape index (κ1) is 18.0. The van der Waals surface area contributed by atoms with Gasteiger partial charge in [-0.05, 0) is 6.42 Å². The number of ether oxygens (including phenoxy) is 2. The van der Waals surface area contributed by atoms with Crippen LogP contribution in [0, 0.1) is 0 Å². The van der Waals surface area contributed by atoms with E-state index in [-0.39, 0.29) is 17.4 Å². The molecule has 1 atom stereocenters. The highest BCUT2D eigenvalue weighted by atomic mass is 16.6. The minimum Gasteiger partial charge on any atom is -0.448 e. The summed E-state index contributed by atoms with van der Waals surface area (Å²) in [5.74, 6) is 0.730. The number of amides is 2. The highest BCUT2D eigenvalue weighted by molar-refractivity contribution is 5.78. The maximum atomic E-state index is 12.7. The number of hydrogen-bond donors (Lipinski definition) is 0. The van der Waals surface area contributed by atoms with E-state index in [9.17, 15) is 9.59 Å². The van der Waals surface area contributed by atoms with Crippen LogP contribution in [0.15, 0.2) is 6.20 Å². The topological polar surface area (TPSA) is 88.1 Å². The predicted molar refractivity (Wildman–Crippen MR) is 96.4 cm³/mol. The zero-order valence-electron chi connectivity index (χ0n) is 15.8. The van der Waals surface area contributed by atoms with Gasteiger partial charge in [0.2, 0.25) is 11.9 Å². The SMILES string of the molecule is CN(C)c1ncc2c(n1)C1(CCN(C(=O)CCN3CCOC3=O)C1)COC2. The third-order valence-corrected chi connectivity index (χ3v) is 5.54. The molecule has 2 saturated heterocycles. The smallest absolute Gasteiger partial charge is 0.409 e. The van der Waals surface area contributed by atoms with Gasteiger partial charge >= 0.3 is 6.09 Å².